The maximum atomic E-state index is 12.5. The molecule has 0 spiro atoms. The highest BCUT2D eigenvalue weighted by Crippen LogP contribution is 2.30. The second-order valence-electron chi connectivity index (χ2n) is 7.55. The van der Waals surface area contributed by atoms with Gasteiger partial charge in [-0.1, -0.05) is 19.4 Å². The highest BCUT2D eigenvalue weighted by atomic mass is 16.5. The van der Waals surface area contributed by atoms with Crippen molar-refractivity contribution in [3.05, 3.63) is 78.1 Å². The van der Waals surface area contributed by atoms with Crippen molar-refractivity contribution in [3.8, 4) is 17.2 Å². The minimum Gasteiger partial charge on any atom is -0.494 e. The molecule has 35 heavy (non-hydrogen) atoms. The molecule has 0 unspecified atom stereocenters. The van der Waals surface area contributed by atoms with Crippen LogP contribution in [-0.4, -0.2) is 37.6 Å². The zero-order valence-corrected chi connectivity index (χ0v) is 20.0. The lowest BCUT2D eigenvalue weighted by atomic mass is 10.2. The molecule has 0 bridgehead atoms. The summed E-state index contributed by atoms with van der Waals surface area (Å²) in [6.45, 7) is 2.73. The van der Waals surface area contributed by atoms with Gasteiger partial charge in [-0.25, -0.2) is 0 Å². The van der Waals surface area contributed by atoms with E-state index in [1.807, 2.05) is 18.2 Å². The molecule has 1 aromatic heterocycles. The van der Waals surface area contributed by atoms with Gasteiger partial charge in [0, 0.05) is 30.2 Å². The van der Waals surface area contributed by atoms with E-state index in [2.05, 4.69) is 22.5 Å². The van der Waals surface area contributed by atoms with E-state index >= 15 is 0 Å². The number of benzene rings is 2. The van der Waals surface area contributed by atoms with Crippen LogP contribution in [0, 0.1) is 0 Å². The van der Waals surface area contributed by atoms with Gasteiger partial charge in [0.15, 0.2) is 11.5 Å². The average molecular weight is 476 g/mol. The van der Waals surface area contributed by atoms with Gasteiger partial charge in [0.25, 0.3) is 5.91 Å². The Morgan fingerprint density at radius 2 is 1.80 bits per heavy atom. The van der Waals surface area contributed by atoms with Crippen LogP contribution < -0.4 is 24.8 Å². The molecule has 1 heterocycles. The van der Waals surface area contributed by atoms with Crippen LogP contribution in [0.1, 0.15) is 35.7 Å². The number of carbonyl (C=O) groups excluding carboxylic acids is 2. The second-order valence-corrected chi connectivity index (χ2v) is 7.55. The van der Waals surface area contributed by atoms with Crippen LogP contribution >= 0.6 is 0 Å². The van der Waals surface area contributed by atoms with Crippen molar-refractivity contribution in [1.29, 1.82) is 0 Å². The third-order valence-electron chi connectivity index (χ3n) is 5.01. The van der Waals surface area contributed by atoms with E-state index in [1.54, 1.807) is 49.7 Å². The standard InChI is InChI=1S/C27H29N3O5/c1-4-5-15-35-23-12-8-19(16-25(23)34-3)9-13-26(31)29-21-10-11-22(24(17-21)33-2)30-27(32)20-7-6-14-28-18-20/h6-14,16-18H,4-5,15H2,1-3H3,(H,29,31)(H,30,32)/b13-9+. The van der Waals surface area contributed by atoms with E-state index in [1.165, 1.54) is 19.4 Å². The molecule has 0 atom stereocenters. The number of rotatable bonds is 11. The van der Waals surface area contributed by atoms with E-state index in [0.717, 1.165) is 18.4 Å². The summed E-state index contributed by atoms with van der Waals surface area (Å²) in [6, 6.07) is 13.8. The van der Waals surface area contributed by atoms with Crippen molar-refractivity contribution < 1.29 is 23.8 Å². The van der Waals surface area contributed by atoms with Gasteiger partial charge in [0.05, 0.1) is 32.1 Å². The van der Waals surface area contributed by atoms with Crippen molar-refractivity contribution in [2.24, 2.45) is 0 Å². The molecule has 8 nitrogen and oxygen atoms in total. The van der Waals surface area contributed by atoms with Gasteiger partial charge in [-0.15, -0.1) is 0 Å². The van der Waals surface area contributed by atoms with Crippen LogP contribution in [0.4, 0.5) is 11.4 Å². The maximum absolute atomic E-state index is 12.5. The van der Waals surface area contributed by atoms with E-state index < -0.39 is 0 Å². The van der Waals surface area contributed by atoms with Crippen molar-refractivity contribution >= 4 is 29.3 Å². The Morgan fingerprint density at radius 3 is 2.51 bits per heavy atom. The monoisotopic (exact) mass is 475 g/mol. The minimum absolute atomic E-state index is 0.312. The molecule has 2 amide bonds. The third-order valence-corrected chi connectivity index (χ3v) is 5.01. The molecule has 0 aliphatic heterocycles. The van der Waals surface area contributed by atoms with Crippen LogP contribution in [0.5, 0.6) is 17.2 Å². The molecule has 0 aliphatic rings. The maximum Gasteiger partial charge on any atom is 0.257 e. The Bertz CT molecular complexity index is 1180. The van der Waals surface area contributed by atoms with E-state index in [9.17, 15) is 9.59 Å². The van der Waals surface area contributed by atoms with Crippen LogP contribution in [0.3, 0.4) is 0 Å². The summed E-state index contributed by atoms with van der Waals surface area (Å²) < 4.78 is 16.5. The molecular formula is C27H29N3O5. The normalized spacial score (nSPS) is 10.6. The lowest BCUT2D eigenvalue weighted by molar-refractivity contribution is -0.111. The molecule has 2 aromatic carbocycles. The third kappa shape index (κ3) is 7.33. The molecule has 182 valence electrons. The fourth-order valence-electron chi connectivity index (χ4n) is 3.15. The Kier molecular flexibility index (Phi) is 9.24. The van der Waals surface area contributed by atoms with Gasteiger partial charge in [-0.05, 0) is 54.5 Å². The Balaban J connectivity index is 1.63. The first-order chi connectivity index (χ1) is 17.0. The number of pyridine rings is 1. The fraction of sp³-hybridized carbons (Fsp3) is 0.222. The number of methoxy groups -OCH3 is 2. The number of nitrogens with one attached hydrogen (secondary N) is 2. The van der Waals surface area contributed by atoms with E-state index in [-0.39, 0.29) is 11.8 Å². The number of nitrogens with zero attached hydrogens (tertiary/aromatic N) is 1. The summed E-state index contributed by atoms with van der Waals surface area (Å²) in [5.41, 5.74) is 2.22. The van der Waals surface area contributed by atoms with Gasteiger partial charge in [-0.3, -0.25) is 14.6 Å². The Hall–Kier alpha value is -4.33. The molecule has 0 radical (unpaired) electrons. The predicted molar refractivity (Wildman–Crippen MR) is 136 cm³/mol. The van der Waals surface area contributed by atoms with Gasteiger partial charge in [-0.2, -0.15) is 0 Å². The Morgan fingerprint density at radius 1 is 0.971 bits per heavy atom. The molecule has 8 heteroatoms. The molecule has 2 N–H and O–H groups in total. The lowest BCUT2D eigenvalue weighted by Crippen LogP contribution is -2.13. The number of ether oxygens (including phenoxy) is 3. The SMILES string of the molecule is CCCCOc1ccc(/C=C/C(=O)Nc2ccc(NC(=O)c3cccnc3)c(OC)c2)cc1OC. The number of carbonyl (C=O) groups is 2. The predicted octanol–water partition coefficient (Wildman–Crippen LogP) is 5.18. The highest BCUT2D eigenvalue weighted by Gasteiger charge is 2.11. The van der Waals surface area contributed by atoms with Gasteiger partial charge in [0.1, 0.15) is 5.75 Å². The number of hydrogen-bond donors (Lipinski definition) is 2. The Labute approximate surface area is 204 Å². The van der Waals surface area contributed by atoms with Crippen molar-refractivity contribution in [2.75, 3.05) is 31.5 Å². The summed E-state index contributed by atoms with van der Waals surface area (Å²) in [6.07, 6.45) is 8.20. The van der Waals surface area contributed by atoms with Crippen LogP contribution in [-0.2, 0) is 4.79 Å². The van der Waals surface area contributed by atoms with Gasteiger partial charge in [0.2, 0.25) is 5.91 Å². The van der Waals surface area contributed by atoms with E-state index in [4.69, 9.17) is 14.2 Å². The minimum atomic E-state index is -0.318. The number of aromatic nitrogens is 1. The molecule has 3 rings (SSSR count). The summed E-state index contributed by atoms with van der Waals surface area (Å²) in [5, 5.41) is 5.57. The zero-order valence-electron chi connectivity index (χ0n) is 20.0. The van der Waals surface area contributed by atoms with Crippen molar-refractivity contribution in [1.82, 2.24) is 4.98 Å². The molecule has 3 aromatic rings. The first kappa shape index (κ1) is 25.3. The average Bonchev–Trinajstić information content (AvgIpc) is 2.89. The topological polar surface area (TPSA) is 98.8 Å². The summed E-state index contributed by atoms with van der Waals surface area (Å²) >= 11 is 0. The van der Waals surface area contributed by atoms with Crippen LogP contribution in [0.25, 0.3) is 6.08 Å². The van der Waals surface area contributed by atoms with E-state index in [0.29, 0.717) is 40.8 Å². The van der Waals surface area contributed by atoms with Crippen LogP contribution in [0.2, 0.25) is 0 Å². The number of hydrogen-bond acceptors (Lipinski definition) is 6. The lowest BCUT2D eigenvalue weighted by Gasteiger charge is -2.12. The number of unbranched alkanes of at least 4 members (excludes halogenated alkanes) is 1. The quantitative estimate of drug-likeness (QED) is 0.293. The zero-order chi connectivity index (χ0) is 25.0. The largest absolute Gasteiger partial charge is 0.494 e. The summed E-state index contributed by atoms with van der Waals surface area (Å²) in [7, 11) is 3.07. The fourth-order valence-corrected chi connectivity index (χ4v) is 3.15. The van der Waals surface area contributed by atoms with Gasteiger partial charge < -0.3 is 24.8 Å². The van der Waals surface area contributed by atoms with Crippen LogP contribution in [0.15, 0.2) is 67.0 Å². The smallest absolute Gasteiger partial charge is 0.257 e. The molecule has 0 saturated heterocycles. The molecular weight excluding hydrogens is 446 g/mol. The molecule has 0 fully saturated rings. The second kappa shape index (κ2) is 12.8. The molecule has 0 saturated carbocycles. The first-order valence-electron chi connectivity index (χ1n) is 11.2. The first-order valence-corrected chi connectivity index (χ1v) is 11.2. The van der Waals surface area contributed by atoms with Gasteiger partial charge >= 0.3 is 0 Å². The number of anilines is 2. The van der Waals surface area contributed by atoms with Crippen molar-refractivity contribution in [2.45, 2.75) is 19.8 Å². The summed E-state index contributed by atoms with van der Waals surface area (Å²) in [5.74, 6) is 1.06. The number of amides is 2. The molecule has 0 aliphatic carbocycles. The van der Waals surface area contributed by atoms with Crippen molar-refractivity contribution in [3.63, 3.8) is 0 Å². The highest BCUT2D eigenvalue weighted by molar-refractivity contribution is 6.05. The summed E-state index contributed by atoms with van der Waals surface area (Å²) in [4.78, 5) is 28.8.